The van der Waals surface area contributed by atoms with Gasteiger partial charge in [0, 0.05) is 12.8 Å². The van der Waals surface area contributed by atoms with E-state index in [-0.39, 0.29) is 18.9 Å². The van der Waals surface area contributed by atoms with E-state index in [9.17, 15) is 22.8 Å². The molecule has 0 radical (unpaired) electrons. The molecule has 0 aliphatic rings. The van der Waals surface area contributed by atoms with Gasteiger partial charge in [-0.3, -0.25) is 4.79 Å². The van der Waals surface area contributed by atoms with E-state index in [1.807, 2.05) is 0 Å². The second-order valence-electron chi connectivity index (χ2n) is 6.07. The van der Waals surface area contributed by atoms with E-state index in [0.29, 0.717) is 6.07 Å². The molecule has 10 heteroatoms. The maximum atomic E-state index is 13.1. The van der Waals surface area contributed by atoms with Crippen LogP contribution in [-0.4, -0.2) is 31.8 Å². The molecular weight excluding hydrogens is 403 g/mol. The Balaban J connectivity index is 2.04. The van der Waals surface area contributed by atoms with Crippen molar-refractivity contribution in [1.82, 2.24) is 5.32 Å². The SMILES string of the molecule is COCC(NC(=O)OCc1ccccc1)C(=O)Nc1ccc(C#N)c(C(F)(F)F)c1. The summed E-state index contributed by atoms with van der Waals surface area (Å²) in [6.45, 7) is -0.271. The molecule has 0 fully saturated rings. The first-order valence-corrected chi connectivity index (χ1v) is 8.63. The van der Waals surface area contributed by atoms with Gasteiger partial charge in [-0.25, -0.2) is 4.79 Å². The number of hydrogen-bond acceptors (Lipinski definition) is 5. The molecule has 2 aromatic carbocycles. The van der Waals surface area contributed by atoms with E-state index in [4.69, 9.17) is 14.7 Å². The predicted molar refractivity (Wildman–Crippen MR) is 100 cm³/mol. The zero-order chi connectivity index (χ0) is 22.1. The number of nitriles is 1. The molecule has 2 amide bonds. The second kappa shape index (κ2) is 10.3. The highest BCUT2D eigenvalue weighted by atomic mass is 19.4. The van der Waals surface area contributed by atoms with Crippen LogP contribution in [0.3, 0.4) is 0 Å². The molecule has 1 unspecified atom stereocenters. The molecule has 0 spiro atoms. The van der Waals surface area contributed by atoms with Crippen molar-refractivity contribution in [1.29, 1.82) is 5.26 Å². The minimum atomic E-state index is -4.77. The monoisotopic (exact) mass is 421 g/mol. The summed E-state index contributed by atoms with van der Waals surface area (Å²) in [7, 11) is 1.29. The lowest BCUT2D eigenvalue weighted by Crippen LogP contribution is -2.46. The van der Waals surface area contributed by atoms with E-state index >= 15 is 0 Å². The molecule has 0 aromatic heterocycles. The number of methoxy groups -OCH3 is 1. The number of alkyl halides is 3. The average Bonchev–Trinajstić information content (AvgIpc) is 2.72. The fourth-order valence-electron chi connectivity index (χ4n) is 2.44. The summed E-state index contributed by atoms with van der Waals surface area (Å²) in [4.78, 5) is 24.4. The van der Waals surface area contributed by atoms with Crippen molar-refractivity contribution in [3.63, 3.8) is 0 Å². The highest BCUT2D eigenvalue weighted by Gasteiger charge is 2.34. The molecule has 2 N–H and O–H groups in total. The van der Waals surface area contributed by atoms with Crippen LogP contribution in [0, 0.1) is 11.3 Å². The molecule has 0 saturated heterocycles. The quantitative estimate of drug-likeness (QED) is 0.713. The van der Waals surface area contributed by atoms with Crippen LogP contribution in [0.15, 0.2) is 48.5 Å². The summed E-state index contributed by atoms with van der Waals surface area (Å²) in [6, 6.07) is 11.8. The molecule has 0 bridgehead atoms. The number of carbonyl (C=O) groups is 2. The van der Waals surface area contributed by atoms with Crippen molar-refractivity contribution in [3.8, 4) is 6.07 Å². The van der Waals surface area contributed by atoms with Gasteiger partial charge in [-0.15, -0.1) is 0 Å². The number of carbonyl (C=O) groups excluding carboxylic acids is 2. The minimum absolute atomic E-state index is 0.0292. The lowest BCUT2D eigenvalue weighted by atomic mass is 10.1. The summed E-state index contributed by atoms with van der Waals surface area (Å²) in [6.07, 6.45) is -5.66. The van der Waals surface area contributed by atoms with Crippen LogP contribution in [0.2, 0.25) is 0 Å². The highest BCUT2D eigenvalue weighted by molar-refractivity contribution is 5.96. The molecule has 2 rings (SSSR count). The number of nitrogens with one attached hydrogen (secondary N) is 2. The summed E-state index contributed by atoms with van der Waals surface area (Å²) in [5.74, 6) is -0.814. The maximum Gasteiger partial charge on any atom is 0.417 e. The van der Waals surface area contributed by atoms with Crippen LogP contribution in [0.4, 0.5) is 23.7 Å². The molecule has 158 valence electrons. The highest BCUT2D eigenvalue weighted by Crippen LogP contribution is 2.33. The van der Waals surface area contributed by atoms with Crippen LogP contribution < -0.4 is 10.6 Å². The topological polar surface area (TPSA) is 100 Å². The smallest absolute Gasteiger partial charge is 0.417 e. The van der Waals surface area contributed by atoms with E-state index in [2.05, 4.69) is 10.6 Å². The summed E-state index contributed by atoms with van der Waals surface area (Å²) in [5, 5.41) is 13.4. The standard InChI is InChI=1S/C20H18F3N3O4/c1-29-12-17(26-19(28)30-11-13-5-3-2-4-6-13)18(27)25-15-8-7-14(10-24)16(9-15)20(21,22)23/h2-9,17H,11-12H2,1H3,(H,25,27)(H,26,28). The summed E-state index contributed by atoms with van der Waals surface area (Å²) < 4.78 is 49.1. The summed E-state index contributed by atoms with van der Waals surface area (Å²) in [5.41, 5.74) is -1.21. The molecule has 0 aliphatic heterocycles. The second-order valence-corrected chi connectivity index (χ2v) is 6.07. The average molecular weight is 421 g/mol. The normalized spacial score (nSPS) is 11.8. The Labute approximate surface area is 170 Å². The Bertz CT molecular complexity index is 927. The van der Waals surface area contributed by atoms with Crippen molar-refractivity contribution >= 4 is 17.7 Å². The third-order valence-corrected chi connectivity index (χ3v) is 3.87. The van der Waals surface area contributed by atoms with E-state index < -0.39 is 35.3 Å². The van der Waals surface area contributed by atoms with Crippen LogP contribution >= 0.6 is 0 Å². The van der Waals surface area contributed by atoms with E-state index in [1.54, 1.807) is 30.3 Å². The van der Waals surface area contributed by atoms with Gasteiger partial charge in [0.15, 0.2) is 0 Å². The molecule has 7 nitrogen and oxygen atoms in total. The van der Waals surface area contributed by atoms with Gasteiger partial charge in [-0.05, 0) is 23.8 Å². The Hall–Kier alpha value is -3.58. The van der Waals surface area contributed by atoms with Gasteiger partial charge < -0.3 is 20.1 Å². The molecule has 30 heavy (non-hydrogen) atoms. The number of nitrogens with zero attached hydrogens (tertiary/aromatic N) is 1. The zero-order valence-corrected chi connectivity index (χ0v) is 15.8. The maximum absolute atomic E-state index is 13.1. The van der Waals surface area contributed by atoms with E-state index in [1.165, 1.54) is 13.2 Å². The molecule has 2 aromatic rings. The Morgan fingerprint density at radius 2 is 1.87 bits per heavy atom. The Kier molecular flexibility index (Phi) is 7.77. The fourth-order valence-corrected chi connectivity index (χ4v) is 2.44. The summed E-state index contributed by atoms with van der Waals surface area (Å²) >= 11 is 0. The first kappa shape index (κ1) is 22.7. The van der Waals surface area contributed by atoms with Gasteiger partial charge in [-0.2, -0.15) is 18.4 Å². The number of ether oxygens (including phenoxy) is 2. The van der Waals surface area contributed by atoms with Crippen molar-refractivity contribution in [2.24, 2.45) is 0 Å². The van der Waals surface area contributed by atoms with Crippen molar-refractivity contribution in [2.45, 2.75) is 18.8 Å². The number of rotatable bonds is 7. The van der Waals surface area contributed by atoms with Crippen LogP contribution in [0.5, 0.6) is 0 Å². The number of halogens is 3. The molecule has 0 saturated carbocycles. The first-order chi connectivity index (χ1) is 14.2. The van der Waals surface area contributed by atoms with Crippen molar-refractivity contribution in [2.75, 3.05) is 19.0 Å². The predicted octanol–water partition coefficient (Wildman–Crippen LogP) is 3.46. The third kappa shape index (κ3) is 6.49. The molecular formula is C20H18F3N3O4. The van der Waals surface area contributed by atoms with Crippen LogP contribution in [-0.2, 0) is 27.1 Å². The van der Waals surface area contributed by atoms with Crippen molar-refractivity contribution in [3.05, 3.63) is 65.2 Å². The van der Waals surface area contributed by atoms with Gasteiger partial charge in [0.05, 0.1) is 23.8 Å². The van der Waals surface area contributed by atoms with Crippen molar-refractivity contribution < 1.29 is 32.2 Å². The number of alkyl carbamates (subject to hydrolysis) is 1. The first-order valence-electron chi connectivity index (χ1n) is 8.63. The van der Waals surface area contributed by atoms with Gasteiger partial charge in [0.25, 0.3) is 0 Å². The number of hydrogen-bond donors (Lipinski definition) is 2. The lowest BCUT2D eigenvalue weighted by molar-refractivity contribution is -0.137. The van der Waals surface area contributed by atoms with Crippen LogP contribution in [0.25, 0.3) is 0 Å². The zero-order valence-electron chi connectivity index (χ0n) is 15.8. The fraction of sp³-hybridized carbons (Fsp3) is 0.250. The minimum Gasteiger partial charge on any atom is -0.445 e. The Morgan fingerprint density at radius 3 is 2.47 bits per heavy atom. The van der Waals surface area contributed by atoms with Gasteiger partial charge in [-0.1, -0.05) is 30.3 Å². The van der Waals surface area contributed by atoms with E-state index in [0.717, 1.165) is 17.7 Å². The number of anilines is 1. The third-order valence-electron chi connectivity index (χ3n) is 3.87. The number of benzene rings is 2. The molecule has 0 heterocycles. The molecule has 0 aliphatic carbocycles. The Morgan fingerprint density at radius 1 is 1.17 bits per heavy atom. The lowest BCUT2D eigenvalue weighted by Gasteiger charge is -2.18. The molecule has 1 atom stereocenters. The number of amides is 2. The van der Waals surface area contributed by atoms with Gasteiger partial charge >= 0.3 is 12.3 Å². The van der Waals surface area contributed by atoms with Gasteiger partial charge in [0.1, 0.15) is 12.6 Å². The largest absolute Gasteiger partial charge is 0.445 e. The van der Waals surface area contributed by atoms with Crippen LogP contribution in [0.1, 0.15) is 16.7 Å². The van der Waals surface area contributed by atoms with Gasteiger partial charge in [0.2, 0.25) is 5.91 Å².